The number of thioether (sulfide) groups is 1. The molecule has 4 N–H and O–H groups in total. The maximum absolute atomic E-state index is 13.1. The van der Waals surface area contributed by atoms with Crippen LogP contribution in [0.5, 0.6) is 0 Å². The van der Waals surface area contributed by atoms with Gasteiger partial charge in [-0.2, -0.15) is 4.57 Å². The molecule has 3 aromatic heterocycles. The van der Waals surface area contributed by atoms with Crippen LogP contribution in [0.4, 0.5) is 5.13 Å². The predicted octanol–water partition coefficient (Wildman–Crippen LogP) is 1.30. The van der Waals surface area contributed by atoms with E-state index >= 15 is 0 Å². The first-order chi connectivity index (χ1) is 19.1. The lowest BCUT2D eigenvalue weighted by molar-refractivity contribution is -0.688. The number of fused-ring (bicyclic) bond motifs is 2. The summed E-state index contributed by atoms with van der Waals surface area (Å²) in [6, 6.07) is 0.609. The monoisotopic (exact) mass is 604 g/mol. The maximum Gasteiger partial charge on any atom is 0.352 e. The first-order valence-electron chi connectivity index (χ1n) is 11.9. The second-order valence-electron chi connectivity index (χ2n) is 8.84. The van der Waals surface area contributed by atoms with Gasteiger partial charge < -0.3 is 25.4 Å². The zero-order valence-electron chi connectivity index (χ0n) is 21.2. The minimum absolute atomic E-state index is 0.131. The fraction of sp³-hybridized carbons (Fsp3) is 0.292. The molecule has 16 heteroatoms. The van der Waals surface area contributed by atoms with Crippen LogP contribution in [0.1, 0.15) is 30.0 Å². The molecule has 5 rings (SSSR count). The number of hydrogen-bond acceptors (Lipinski definition) is 10. The second-order valence-corrected chi connectivity index (χ2v) is 11.2. The van der Waals surface area contributed by atoms with Gasteiger partial charge in [0.05, 0.1) is 16.9 Å². The number of amides is 2. The minimum Gasteiger partial charge on any atom is -0.477 e. The lowest BCUT2D eigenvalue weighted by Crippen LogP contribution is -2.71. The van der Waals surface area contributed by atoms with Gasteiger partial charge in [-0.1, -0.05) is 16.8 Å². The van der Waals surface area contributed by atoms with Crippen LogP contribution in [-0.4, -0.2) is 72.4 Å². The first-order valence-corrected chi connectivity index (χ1v) is 14.2. The summed E-state index contributed by atoms with van der Waals surface area (Å²) in [7, 11) is 0. The largest absolute Gasteiger partial charge is 0.477 e. The molecule has 2 atom stereocenters. The Morgan fingerprint density at radius 3 is 2.83 bits per heavy atom. The van der Waals surface area contributed by atoms with E-state index in [0.717, 1.165) is 11.3 Å². The van der Waals surface area contributed by atoms with E-state index in [1.165, 1.54) is 23.6 Å². The van der Waals surface area contributed by atoms with Gasteiger partial charge in [0.2, 0.25) is 0 Å². The van der Waals surface area contributed by atoms with Gasteiger partial charge in [-0.3, -0.25) is 19.3 Å². The van der Waals surface area contributed by atoms with Gasteiger partial charge in [0.25, 0.3) is 11.8 Å². The number of nitrogens with one attached hydrogen (secondary N) is 1. The summed E-state index contributed by atoms with van der Waals surface area (Å²) in [6.07, 6.45) is 5.09. The second kappa shape index (κ2) is 10.9. The fourth-order valence-corrected chi connectivity index (χ4v) is 6.61. The molecule has 2 amide bonds. The Morgan fingerprint density at radius 2 is 2.17 bits per heavy atom. The average Bonchev–Trinajstić information content (AvgIpc) is 3.49. The van der Waals surface area contributed by atoms with E-state index in [4.69, 9.17) is 22.2 Å². The van der Waals surface area contributed by atoms with Gasteiger partial charge in [0, 0.05) is 23.6 Å². The molecule has 208 valence electrons. The topological polar surface area (TPSA) is 173 Å². The summed E-state index contributed by atoms with van der Waals surface area (Å²) < 4.78 is 3.40. The Kier molecular flexibility index (Phi) is 7.53. The van der Waals surface area contributed by atoms with E-state index in [0.29, 0.717) is 27.6 Å². The number of Topliss-reactive ketones (excluding diaryl/α,β-unsaturated/α-hetero) is 1. The molecule has 5 heterocycles. The highest BCUT2D eigenvalue weighted by atomic mass is 35.5. The van der Waals surface area contributed by atoms with E-state index in [9.17, 15) is 24.3 Å². The summed E-state index contributed by atoms with van der Waals surface area (Å²) in [4.78, 5) is 60.7. The van der Waals surface area contributed by atoms with Crippen LogP contribution < -0.4 is 15.6 Å². The summed E-state index contributed by atoms with van der Waals surface area (Å²) in [5.74, 6) is -2.35. The van der Waals surface area contributed by atoms with Crippen molar-refractivity contribution in [3.05, 3.63) is 57.7 Å². The number of nitrogens with two attached hydrogens (primary N) is 1. The fourth-order valence-electron chi connectivity index (χ4n) is 4.48. The molecule has 2 aliphatic rings. The smallest absolute Gasteiger partial charge is 0.352 e. The molecule has 0 bridgehead atoms. The molecule has 1 saturated heterocycles. The number of thiazole rings is 1. The van der Waals surface area contributed by atoms with E-state index < -0.39 is 29.2 Å². The molecule has 13 nitrogen and oxygen atoms in total. The minimum atomic E-state index is -1.25. The normalized spacial score (nSPS) is 18.9. The van der Waals surface area contributed by atoms with Crippen LogP contribution in [0.15, 0.2) is 46.5 Å². The number of aliphatic carboxylic acids is 1. The quantitative estimate of drug-likeness (QED) is 0.107. The van der Waals surface area contributed by atoms with Gasteiger partial charge in [-0.15, -0.1) is 23.1 Å². The number of hydrogen-bond donors (Lipinski definition) is 3. The standard InChI is InChI=1S/C24H22ClN7O6S2/c1-3-38-29-17(14-10-40-24(26)27-14)20(34)28-18-21(35)32-19(23(36)37)12(9-39-22(18)32)7-30-4-5-31-15(11(2)33)6-13(25)16(31)8-30/h4-6,8,10,18,22H,3,7,9H2,1-2H3,(H3-,26,27,28,34,36,37)/p+1/b29-17-/t18-,22-/m1/s1. The summed E-state index contributed by atoms with van der Waals surface area (Å²) in [6.45, 7) is 3.52. The number of halogens is 1. The molecule has 40 heavy (non-hydrogen) atoms. The molecule has 0 spiro atoms. The molecule has 0 aromatic carbocycles. The molecular formula is C24H23ClN7O6S2+. The Morgan fingerprint density at radius 1 is 1.40 bits per heavy atom. The van der Waals surface area contributed by atoms with Crippen molar-refractivity contribution in [2.45, 2.75) is 31.8 Å². The van der Waals surface area contributed by atoms with Crippen LogP contribution in [0.25, 0.3) is 5.52 Å². The van der Waals surface area contributed by atoms with Crippen LogP contribution in [0.2, 0.25) is 5.02 Å². The number of rotatable bonds is 9. The highest BCUT2D eigenvalue weighted by molar-refractivity contribution is 8.00. The molecule has 0 aliphatic carbocycles. The van der Waals surface area contributed by atoms with E-state index in [-0.39, 0.29) is 41.2 Å². The first kappa shape index (κ1) is 27.6. The number of carboxylic acids is 1. The third kappa shape index (κ3) is 4.91. The van der Waals surface area contributed by atoms with Crippen molar-refractivity contribution >= 4 is 74.6 Å². The van der Waals surface area contributed by atoms with Crippen molar-refractivity contribution in [1.29, 1.82) is 0 Å². The van der Waals surface area contributed by atoms with E-state index in [1.807, 2.05) is 0 Å². The highest BCUT2D eigenvalue weighted by Gasteiger charge is 2.54. The molecule has 0 unspecified atom stereocenters. The number of oxime groups is 1. The lowest BCUT2D eigenvalue weighted by Gasteiger charge is -2.49. The Labute approximate surface area is 240 Å². The van der Waals surface area contributed by atoms with Crippen molar-refractivity contribution in [1.82, 2.24) is 19.6 Å². The number of aromatic nitrogens is 3. The van der Waals surface area contributed by atoms with E-state index in [1.54, 1.807) is 45.9 Å². The summed E-state index contributed by atoms with van der Waals surface area (Å²) >= 11 is 8.78. The SMILES string of the molecule is CCO/N=C(\C(=O)N[C@@H]1C(=O)N2C(C(=O)O)=C(C[n+]3ccn4c(C(C)=O)cc(Cl)c4c3)CS[C@H]12)c1csc(N)n1. The molecule has 3 aromatic rings. The zero-order chi connectivity index (χ0) is 28.7. The van der Waals surface area contributed by atoms with Crippen LogP contribution in [0, 0.1) is 0 Å². The molecule has 2 aliphatic heterocycles. The maximum atomic E-state index is 13.1. The number of carboxylic acid groups (broad SMARTS) is 1. The van der Waals surface area contributed by atoms with Gasteiger partial charge >= 0.3 is 5.97 Å². The van der Waals surface area contributed by atoms with Crippen molar-refractivity contribution < 1.29 is 33.7 Å². The number of ketones is 1. The van der Waals surface area contributed by atoms with Gasteiger partial charge in [0.1, 0.15) is 34.9 Å². The number of nitrogen functional groups attached to an aromatic ring is 1. The van der Waals surface area contributed by atoms with Crippen LogP contribution >= 0.6 is 34.7 Å². The molecule has 0 saturated carbocycles. The van der Waals surface area contributed by atoms with E-state index in [2.05, 4.69) is 15.5 Å². The predicted molar refractivity (Wildman–Crippen MR) is 147 cm³/mol. The van der Waals surface area contributed by atoms with Crippen molar-refractivity contribution in [3.8, 4) is 0 Å². The lowest BCUT2D eigenvalue weighted by atomic mass is 10.0. The van der Waals surface area contributed by atoms with Gasteiger partial charge in [-0.05, 0) is 13.0 Å². The molecule has 0 radical (unpaired) electrons. The van der Waals surface area contributed by atoms with Gasteiger partial charge in [0.15, 0.2) is 35.6 Å². The number of β-lactam (4-membered cyclic amide) rings is 1. The molecular weight excluding hydrogens is 582 g/mol. The van der Waals surface area contributed by atoms with Crippen LogP contribution in [0.3, 0.4) is 0 Å². The number of anilines is 1. The Bertz CT molecular complexity index is 1630. The number of carbonyl (C=O) groups is 4. The third-order valence-corrected chi connectivity index (χ3v) is 8.57. The third-order valence-electron chi connectivity index (χ3n) is 6.26. The Balaban J connectivity index is 1.37. The number of carbonyl (C=O) groups excluding carboxylic acids is 3. The zero-order valence-corrected chi connectivity index (χ0v) is 23.5. The van der Waals surface area contributed by atoms with Crippen molar-refractivity contribution in [3.63, 3.8) is 0 Å². The summed E-state index contributed by atoms with van der Waals surface area (Å²) in [5.41, 5.74) is 7.14. The van der Waals surface area contributed by atoms with Crippen molar-refractivity contribution in [2.75, 3.05) is 18.1 Å². The Hall–Kier alpha value is -3.95. The number of nitrogens with zero attached hydrogens (tertiary/aromatic N) is 5. The van der Waals surface area contributed by atoms with Crippen LogP contribution in [-0.2, 0) is 25.8 Å². The molecule has 1 fully saturated rings. The van der Waals surface area contributed by atoms with Gasteiger partial charge in [-0.25, -0.2) is 9.78 Å². The van der Waals surface area contributed by atoms with Crippen molar-refractivity contribution in [2.24, 2.45) is 5.16 Å². The average molecular weight is 605 g/mol. The highest BCUT2D eigenvalue weighted by Crippen LogP contribution is 2.40. The summed E-state index contributed by atoms with van der Waals surface area (Å²) in [5, 5.41) is 18.1.